The van der Waals surface area contributed by atoms with Crippen LogP contribution < -0.4 is 10.1 Å². The average molecular weight is 426 g/mol. The van der Waals surface area contributed by atoms with Crippen molar-refractivity contribution in [1.82, 2.24) is 5.32 Å². The Kier molecular flexibility index (Phi) is 9.02. The number of ether oxygens (including phenoxy) is 1. The van der Waals surface area contributed by atoms with Gasteiger partial charge in [0.05, 0.1) is 12.2 Å². The van der Waals surface area contributed by atoms with Crippen LogP contribution in [0.3, 0.4) is 0 Å². The Morgan fingerprint density at radius 3 is 2.90 bits per heavy atom. The topological polar surface area (TPSA) is 61.7 Å². The second-order valence-corrected chi connectivity index (χ2v) is 9.09. The lowest BCUT2D eigenvalue weighted by molar-refractivity contribution is 0.134. The van der Waals surface area contributed by atoms with E-state index in [2.05, 4.69) is 42.3 Å². The molecule has 0 radical (unpaired) electrons. The van der Waals surface area contributed by atoms with Crippen molar-refractivity contribution in [1.29, 1.82) is 0 Å². The highest BCUT2D eigenvalue weighted by molar-refractivity contribution is 5.49. The fourth-order valence-electron chi connectivity index (χ4n) is 4.85. The molecule has 1 aromatic carbocycles. The smallest absolute Gasteiger partial charge is 0.126 e. The molecule has 3 rings (SSSR count). The summed E-state index contributed by atoms with van der Waals surface area (Å²) in [5.41, 5.74) is 2.50. The number of aliphatic hydroxyl groups is 2. The molecule has 0 aromatic heterocycles. The summed E-state index contributed by atoms with van der Waals surface area (Å²) in [5.74, 6) is 7.16. The Morgan fingerprint density at radius 1 is 1.29 bits per heavy atom. The third kappa shape index (κ3) is 5.92. The number of hydrogen-bond donors (Lipinski definition) is 3. The van der Waals surface area contributed by atoms with Crippen LogP contribution in [0.5, 0.6) is 5.75 Å². The molecule has 2 aliphatic rings. The van der Waals surface area contributed by atoms with Gasteiger partial charge in [-0.15, -0.1) is 11.8 Å². The zero-order valence-corrected chi connectivity index (χ0v) is 19.3. The summed E-state index contributed by atoms with van der Waals surface area (Å²) < 4.78 is 6.38. The fraction of sp³-hybridized carbons (Fsp3) is 0.630. The van der Waals surface area contributed by atoms with Crippen LogP contribution in [-0.4, -0.2) is 41.6 Å². The van der Waals surface area contributed by atoms with E-state index in [-0.39, 0.29) is 23.9 Å². The third-order valence-corrected chi connectivity index (χ3v) is 6.68. The Labute approximate surface area is 188 Å². The van der Waals surface area contributed by atoms with Crippen LogP contribution in [-0.2, 0) is 6.42 Å². The summed E-state index contributed by atoms with van der Waals surface area (Å²) >= 11 is 0. The maximum absolute atomic E-state index is 10.7. The maximum atomic E-state index is 10.7. The van der Waals surface area contributed by atoms with Crippen LogP contribution >= 0.6 is 0 Å². The molecular weight excluding hydrogens is 386 g/mol. The lowest BCUT2D eigenvalue weighted by Gasteiger charge is -2.19. The first-order valence-electron chi connectivity index (χ1n) is 12.0. The molecule has 4 nitrogen and oxygen atoms in total. The van der Waals surface area contributed by atoms with Crippen molar-refractivity contribution in [3.8, 4) is 17.6 Å². The van der Waals surface area contributed by atoms with Gasteiger partial charge in [-0.25, -0.2) is 0 Å². The molecular formula is C27H39NO3. The van der Waals surface area contributed by atoms with Gasteiger partial charge in [0.25, 0.3) is 0 Å². The first-order valence-corrected chi connectivity index (χ1v) is 12.0. The molecule has 0 saturated heterocycles. The Balaban J connectivity index is 1.65. The summed E-state index contributed by atoms with van der Waals surface area (Å²) in [4.78, 5) is 0. The van der Waals surface area contributed by atoms with Crippen LogP contribution in [0, 0.1) is 23.7 Å². The minimum atomic E-state index is -0.554. The van der Waals surface area contributed by atoms with Crippen molar-refractivity contribution >= 4 is 0 Å². The Hall–Kier alpha value is -1.80. The predicted octanol–water partition coefficient (Wildman–Crippen LogP) is 4.20. The minimum Gasteiger partial charge on any atom is -0.489 e. The Bertz CT molecular complexity index is 793. The van der Waals surface area contributed by atoms with Crippen LogP contribution in [0.1, 0.15) is 69.9 Å². The van der Waals surface area contributed by atoms with E-state index in [0.29, 0.717) is 12.8 Å². The van der Waals surface area contributed by atoms with Crippen LogP contribution in [0.15, 0.2) is 30.4 Å². The van der Waals surface area contributed by atoms with Gasteiger partial charge in [-0.2, -0.15) is 0 Å². The molecule has 1 aromatic rings. The van der Waals surface area contributed by atoms with Crippen molar-refractivity contribution < 1.29 is 14.9 Å². The Morgan fingerprint density at radius 2 is 2.13 bits per heavy atom. The van der Waals surface area contributed by atoms with Crippen LogP contribution in [0.2, 0.25) is 0 Å². The number of fused-ring (bicyclic) bond motifs is 3. The second kappa shape index (κ2) is 11.7. The van der Waals surface area contributed by atoms with E-state index in [0.717, 1.165) is 31.7 Å². The molecule has 31 heavy (non-hydrogen) atoms. The van der Waals surface area contributed by atoms with Gasteiger partial charge < -0.3 is 20.3 Å². The number of para-hydroxylation sites is 1. The maximum Gasteiger partial charge on any atom is 0.126 e. The first kappa shape index (κ1) is 23.9. The molecule has 4 heteroatoms. The van der Waals surface area contributed by atoms with Gasteiger partial charge in [0.2, 0.25) is 0 Å². The van der Waals surface area contributed by atoms with Gasteiger partial charge >= 0.3 is 0 Å². The standard InChI is InChI=1S/C27H39NO3/c1-4-6-10-19(3)23(29)15-14-21-24(30)18-25-26(21)22-13-9-12-20(27(22)31-25)11-7-8-17-28-16-5-2/h9,12-15,19,21,23-26,28-30H,5,7-8,10-11,16-18H2,1-3H3/b15-14+/t19-,21-,23+,24+,25-,26-/m0/s1. The van der Waals surface area contributed by atoms with Gasteiger partial charge in [-0.05, 0) is 57.2 Å². The number of nitrogens with one attached hydrogen (secondary N) is 1. The highest BCUT2D eigenvalue weighted by Gasteiger charge is 2.48. The highest BCUT2D eigenvalue weighted by Crippen LogP contribution is 2.52. The lowest BCUT2D eigenvalue weighted by atomic mass is 9.86. The average Bonchev–Trinajstić information content (AvgIpc) is 3.27. The SMILES string of the molecule is CC#CC[C@H](C)[C@H](O)/C=C/[C@@H]1[C@H]2c3cccc(CCCCNCCC)c3O[C@H]2C[C@H]1O. The summed E-state index contributed by atoms with van der Waals surface area (Å²) in [7, 11) is 0. The number of aliphatic hydroxyl groups excluding tert-OH is 2. The lowest BCUT2D eigenvalue weighted by Crippen LogP contribution is -2.19. The third-order valence-electron chi connectivity index (χ3n) is 6.68. The molecule has 1 aliphatic heterocycles. The van der Waals surface area contributed by atoms with Crippen LogP contribution in [0.25, 0.3) is 0 Å². The molecule has 1 saturated carbocycles. The molecule has 1 fully saturated rings. The summed E-state index contributed by atoms with van der Waals surface area (Å²) in [6, 6.07) is 6.46. The van der Waals surface area contributed by atoms with E-state index < -0.39 is 12.2 Å². The number of rotatable bonds is 11. The molecule has 0 bridgehead atoms. The van der Waals surface area contributed by atoms with Crippen molar-refractivity contribution in [3.63, 3.8) is 0 Å². The van der Waals surface area contributed by atoms with Gasteiger partial charge in [0, 0.05) is 30.2 Å². The number of hydrogen-bond acceptors (Lipinski definition) is 4. The van der Waals surface area contributed by atoms with Gasteiger partial charge in [0.15, 0.2) is 0 Å². The molecule has 1 heterocycles. The van der Waals surface area contributed by atoms with Crippen molar-refractivity contribution in [2.24, 2.45) is 11.8 Å². The number of unbranched alkanes of at least 4 members (excludes halogenated alkanes) is 1. The summed E-state index contributed by atoms with van der Waals surface area (Å²) in [6.07, 6.45) is 8.71. The van der Waals surface area contributed by atoms with E-state index in [9.17, 15) is 10.2 Å². The van der Waals surface area contributed by atoms with Crippen LogP contribution in [0.4, 0.5) is 0 Å². The van der Waals surface area contributed by atoms with E-state index >= 15 is 0 Å². The van der Waals surface area contributed by atoms with Gasteiger partial charge in [0.1, 0.15) is 11.9 Å². The summed E-state index contributed by atoms with van der Waals surface area (Å²) in [5, 5.41) is 24.6. The molecule has 0 amide bonds. The minimum absolute atomic E-state index is 0.0209. The summed E-state index contributed by atoms with van der Waals surface area (Å²) in [6.45, 7) is 8.17. The van der Waals surface area contributed by atoms with E-state index in [1.807, 2.05) is 26.0 Å². The van der Waals surface area contributed by atoms with E-state index in [1.54, 1.807) is 0 Å². The monoisotopic (exact) mass is 425 g/mol. The van der Waals surface area contributed by atoms with Crippen molar-refractivity contribution in [2.75, 3.05) is 13.1 Å². The molecule has 1 aliphatic carbocycles. The zero-order valence-electron chi connectivity index (χ0n) is 19.3. The van der Waals surface area contributed by atoms with Gasteiger partial charge in [-0.1, -0.05) is 44.2 Å². The fourth-order valence-corrected chi connectivity index (χ4v) is 4.85. The molecule has 0 unspecified atom stereocenters. The van der Waals surface area contributed by atoms with E-state index in [1.165, 1.54) is 24.0 Å². The van der Waals surface area contributed by atoms with Gasteiger partial charge in [-0.3, -0.25) is 0 Å². The van der Waals surface area contributed by atoms with Crippen molar-refractivity contribution in [2.45, 2.75) is 83.5 Å². The molecule has 3 N–H and O–H groups in total. The second-order valence-electron chi connectivity index (χ2n) is 9.09. The number of aryl methyl sites for hydroxylation is 1. The van der Waals surface area contributed by atoms with Crippen molar-refractivity contribution in [3.05, 3.63) is 41.5 Å². The molecule has 170 valence electrons. The highest BCUT2D eigenvalue weighted by atomic mass is 16.5. The predicted molar refractivity (Wildman–Crippen MR) is 126 cm³/mol. The molecule has 6 atom stereocenters. The first-order chi connectivity index (χ1) is 15.1. The zero-order chi connectivity index (χ0) is 22.2. The number of benzene rings is 1. The van der Waals surface area contributed by atoms with E-state index in [4.69, 9.17) is 4.74 Å². The molecule has 0 spiro atoms. The normalized spacial score (nSPS) is 26.1. The quantitative estimate of drug-likeness (QED) is 0.282. The largest absolute Gasteiger partial charge is 0.489 e.